The van der Waals surface area contributed by atoms with Gasteiger partial charge in [0.15, 0.2) is 0 Å². The van der Waals surface area contributed by atoms with Crippen molar-refractivity contribution in [1.29, 1.82) is 0 Å². The normalized spacial score (nSPS) is 22.7. The van der Waals surface area contributed by atoms with Crippen LogP contribution in [0.4, 0.5) is 0 Å². The minimum Gasteiger partial charge on any atom is -0.323 e. The number of benzene rings is 3. The van der Waals surface area contributed by atoms with Gasteiger partial charge in [0.2, 0.25) is 0 Å². The first-order valence-corrected chi connectivity index (χ1v) is 9.27. The first-order valence-electron chi connectivity index (χ1n) is 9.27. The fourth-order valence-electron chi connectivity index (χ4n) is 5.30. The van der Waals surface area contributed by atoms with Crippen LogP contribution in [0.15, 0.2) is 77.9 Å². The van der Waals surface area contributed by atoms with Gasteiger partial charge in [-0.15, -0.1) is 0 Å². The third kappa shape index (κ3) is 1.65. The lowest BCUT2D eigenvalue weighted by Crippen LogP contribution is -2.49. The molecular formula is C24H22N2. The van der Waals surface area contributed by atoms with Crippen molar-refractivity contribution in [3.8, 4) is 0 Å². The topological polar surface area (TPSA) is 38.4 Å². The number of nitrogens with zero attached hydrogens (tertiary/aromatic N) is 1. The van der Waals surface area contributed by atoms with Crippen LogP contribution in [0.5, 0.6) is 0 Å². The van der Waals surface area contributed by atoms with E-state index in [2.05, 4.69) is 91.7 Å². The van der Waals surface area contributed by atoms with Crippen LogP contribution in [0.3, 0.4) is 0 Å². The molecule has 0 spiro atoms. The molecule has 2 heteroatoms. The molecule has 0 radical (unpaired) electrons. The Morgan fingerprint density at radius 3 is 1.50 bits per heavy atom. The van der Waals surface area contributed by atoms with Crippen molar-refractivity contribution < 1.29 is 0 Å². The summed E-state index contributed by atoms with van der Waals surface area (Å²) in [7, 11) is 0. The smallest absolute Gasteiger partial charge is 0.0863 e. The summed E-state index contributed by atoms with van der Waals surface area (Å²) in [6.45, 7) is 4.38. The summed E-state index contributed by atoms with van der Waals surface area (Å²) < 4.78 is 0. The van der Waals surface area contributed by atoms with Gasteiger partial charge in [0.05, 0.1) is 11.1 Å². The molecule has 6 rings (SSSR count). The van der Waals surface area contributed by atoms with Gasteiger partial charge >= 0.3 is 0 Å². The summed E-state index contributed by atoms with van der Waals surface area (Å²) in [4.78, 5) is 0. The Labute approximate surface area is 154 Å². The van der Waals surface area contributed by atoms with Gasteiger partial charge in [0.1, 0.15) is 0 Å². The molecule has 0 atom stereocenters. The van der Waals surface area contributed by atoms with Crippen LogP contribution in [0.25, 0.3) is 0 Å². The quantitative estimate of drug-likeness (QED) is 0.407. The third-order valence-electron chi connectivity index (χ3n) is 6.10. The molecule has 3 aliphatic carbocycles. The summed E-state index contributed by atoms with van der Waals surface area (Å²) in [6, 6.07) is 26.5. The average molecular weight is 338 g/mol. The molecule has 0 fully saturated rings. The van der Waals surface area contributed by atoms with E-state index >= 15 is 0 Å². The van der Waals surface area contributed by atoms with Gasteiger partial charge in [0, 0.05) is 5.92 Å². The van der Waals surface area contributed by atoms with Crippen molar-refractivity contribution in [2.45, 2.75) is 25.2 Å². The zero-order valence-electron chi connectivity index (χ0n) is 15.1. The molecule has 0 aliphatic heterocycles. The molecule has 3 aromatic rings. The summed E-state index contributed by atoms with van der Waals surface area (Å²) in [5.41, 5.74) is 8.77. The summed E-state index contributed by atoms with van der Waals surface area (Å²) in [5.74, 6) is 6.57. The maximum absolute atomic E-state index is 6.04. The third-order valence-corrected chi connectivity index (χ3v) is 6.10. The van der Waals surface area contributed by atoms with Crippen molar-refractivity contribution in [2.24, 2.45) is 16.9 Å². The molecule has 0 amide bonds. The predicted octanol–water partition coefficient (Wildman–Crippen LogP) is 4.80. The zero-order valence-corrected chi connectivity index (χ0v) is 15.1. The lowest BCUT2D eigenvalue weighted by Gasteiger charge is -2.51. The van der Waals surface area contributed by atoms with Gasteiger partial charge in [-0.1, -0.05) is 86.6 Å². The Balaban J connectivity index is 2.03. The van der Waals surface area contributed by atoms with Crippen LogP contribution in [0.1, 0.15) is 53.1 Å². The van der Waals surface area contributed by atoms with Crippen molar-refractivity contribution in [1.82, 2.24) is 0 Å². The molecule has 2 N–H and O–H groups in total. The maximum atomic E-state index is 6.04. The number of hydrazone groups is 1. The second kappa shape index (κ2) is 5.31. The van der Waals surface area contributed by atoms with Gasteiger partial charge in [0.25, 0.3) is 0 Å². The van der Waals surface area contributed by atoms with Crippen LogP contribution in [0.2, 0.25) is 0 Å². The van der Waals surface area contributed by atoms with E-state index in [1.165, 1.54) is 33.4 Å². The average Bonchev–Trinajstić information content (AvgIpc) is 2.68. The van der Waals surface area contributed by atoms with Crippen molar-refractivity contribution >= 4 is 5.71 Å². The molecule has 3 aromatic carbocycles. The molecule has 0 heterocycles. The first kappa shape index (κ1) is 15.4. The molecule has 0 saturated carbocycles. The van der Waals surface area contributed by atoms with Crippen LogP contribution < -0.4 is 5.84 Å². The molecule has 26 heavy (non-hydrogen) atoms. The highest BCUT2D eigenvalue weighted by Crippen LogP contribution is 2.59. The Hall–Kier alpha value is -2.87. The van der Waals surface area contributed by atoms with Crippen LogP contribution in [-0.4, -0.2) is 5.71 Å². The Kier molecular flexibility index (Phi) is 3.14. The van der Waals surface area contributed by atoms with Crippen LogP contribution in [0, 0.1) is 5.92 Å². The Bertz CT molecular complexity index is 930. The summed E-state index contributed by atoms with van der Waals surface area (Å²) in [6.07, 6.45) is 0. The van der Waals surface area contributed by atoms with E-state index in [1.54, 1.807) is 0 Å². The second-order valence-corrected chi connectivity index (χ2v) is 7.61. The minimum atomic E-state index is -0.401. The SMILES string of the molecule is CC(C)/C(=N/N)C12c3ccccc3C(c3ccccc31)c1ccccc12. The standard InChI is InChI=1S/C24H22N2/c1-15(2)23(26-25)24-19-12-6-3-9-16(19)22(17-10-4-7-13-20(17)24)18-11-5-8-14-21(18)24/h3-15,22H,25H2,1-2H3/b26-23-. The minimum absolute atomic E-state index is 0.240. The van der Waals surface area contributed by atoms with Gasteiger partial charge in [-0.25, -0.2) is 0 Å². The van der Waals surface area contributed by atoms with E-state index in [4.69, 9.17) is 5.84 Å². The fourth-order valence-corrected chi connectivity index (χ4v) is 5.30. The lowest BCUT2D eigenvalue weighted by molar-refractivity contribution is 0.642. The van der Waals surface area contributed by atoms with E-state index in [9.17, 15) is 0 Å². The number of rotatable bonds is 2. The lowest BCUT2D eigenvalue weighted by atomic mass is 9.50. The van der Waals surface area contributed by atoms with Crippen molar-refractivity contribution in [3.05, 3.63) is 106 Å². The Morgan fingerprint density at radius 2 is 1.15 bits per heavy atom. The highest BCUT2D eigenvalue weighted by molar-refractivity contribution is 6.05. The highest BCUT2D eigenvalue weighted by atomic mass is 15.1. The van der Waals surface area contributed by atoms with E-state index in [1.807, 2.05) is 0 Å². The van der Waals surface area contributed by atoms with E-state index in [0.717, 1.165) is 5.71 Å². The number of hydrogen-bond donors (Lipinski definition) is 1. The number of nitrogens with two attached hydrogens (primary N) is 1. The van der Waals surface area contributed by atoms with Crippen LogP contribution in [-0.2, 0) is 5.41 Å². The molecule has 0 unspecified atom stereocenters. The monoisotopic (exact) mass is 338 g/mol. The van der Waals surface area contributed by atoms with Crippen LogP contribution >= 0.6 is 0 Å². The maximum Gasteiger partial charge on any atom is 0.0863 e. The molecule has 3 aliphatic rings. The molecule has 0 aromatic heterocycles. The van der Waals surface area contributed by atoms with Crippen molar-refractivity contribution in [3.63, 3.8) is 0 Å². The molecule has 2 nitrogen and oxygen atoms in total. The first-order chi connectivity index (χ1) is 12.7. The van der Waals surface area contributed by atoms with Gasteiger partial charge in [-0.3, -0.25) is 0 Å². The molecule has 2 bridgehead atoms. The summed E-state index contributed by atoms with van der Waals surface area (Å²) >= 11 is 0. The zero-order chi connectivity index (χ0) is 17.9. The van der Waals surface area contributed by atoms with Gasteiger partial charge in [-0.05, 0) is 39.3 Å². The van der Waals surface area contributed by atoms with Gasteiger partial charge in [-0.2, -0.15) is 5.10 Å². The molecule has 128 valence electrons. The molecule has 0 saturated heterocycles. The second-order valence-electron chi connectivity index (χ2n) is 7.61. The predicted molar refractivity (Wildman–Crippen MR) is 107 cm³/mol. The van der Waals surface area contributed by atoms with E-state index in [0.29, 0.717) is 0 Å². The highest BCUT2D eigenvalue weighted by Gasteiger charge is 2.54. The fraction of sp³-hybridized carbons (Fsp3) is 0.208. The number of hydrogen-bond acceptors (Lipinski definition) is 2. The summed E-state index contributed by atoms with van der Waals surface area (Å²) in [5, 5.41) is 4.39. The van der Waals surface area contributed by atoms with Gasteiger partial charge < -0.3 is 5.84 Å². The molecular weight excluding hydrogens is 316 g/mol. The van der Waals surface area contributed by atoms with E-state index in [-0.39, 0.29) is 11.8 Å². The largest absolute Gasteiger partial charge is 0.323 e. The van der Waals surface area contributed by atoms with E-state index < -0.39 is 5.41 Å². The van der Waals surface area contributed by atoms with Crippen molar-refractivity contribution in [2.75, 3.05) is 0 Å². The Morgan fingerprint density at radius 1 is 0.769 bits per heavy atom.